The Balaban J connectivity index is 2.01. The minimum atomic E-state index is -1.06. The Morgan fingerprint density at radius 1 is 1.48 bits per heavy atom. The standard InChI is InChI=1S/C14H18N2O4S/c1-10-8-16(6-7-21-10)14(19)15-11-4-2-3-5-12(11)20-9-13(17)18/h2-5,10H,6-9H2,1H3,(H,15,19)(H,17,18). The molecule has 0 spiro atoms. The van der Waals surface area contributed by atoms with Crippen LogP contribution in [-0.2, 0) is 4.79 Å². The highest BCUT2D eigenvalue weighted by Gasteiger charge is 2.22. The number of carbonyl (C=O) groups is 2. The van der Waals surface area contributed by atoms with Crippen LogP contribution in [0.5, 0.6) is 5.75 Å². The van der Waals surface area contributed by atoms with Crippen LogP contribution in [0, 0.1) is 0 Å². The Bertz CT molecular complexity index is 523. The predicted molar refractivity (Wildman–Crippen MR) is 82.1 cm³/mol. The molecule has 1 fully saturated rings. The molecule has 1 atom stereocenters. The molecule has 1 aromatic rings. The third kappa shape index (κ3) is 4.56. The first-order chi connectivity index (χ1) is 10.1. The van der Waals surface area contributed by atoms with E-state index in [9.17, 15) is 9.59 Å². The number of urea groups is 1. The number of carboxylic acids is 1. The molecule has 1 saturated heterocycles. The van der Waals surface area contributed by atoms with E-state index in [-0.39, 0.29) is 6.03 Å². The number of carboxylic acid groups (broad SMARTS) is 1. The molecule has 0 radical (unpaired) electrons. The fourth-order valence-corrected chi connectivity index (χ4v) is 3.05. The van der Waals surface area contributed by atoms with Gasteiger partial charge in [0.2, 0.25) is 0 Å². The van der Waals surface area contributed by atoms with Gasteiger partial charge in [-0.1, -0.05) is 19.1 Å². The average molecular weight is 310 g/mol. The van der Waals surface area contributed by atoms with Gasteiger partial charge in [0.05, 0.1) is 5.69 Å². The quantitative estimate of drug-likeness (QED) is 0.890. The number of benzene rings is 1. The van der Waals surface area contributed by atoms with Crippen molar-refractivity contribution in [2.75, 3.05) is 30.8 Å². The highest BCUT2D eigenvalue weighted by atomic mass is 32.2. The van der Waals surface area contributed by atoms with Crippen molar-refractivity contribution in [3.63, 3.8) is 0 Å². The number of rotatable bonds is 4. The molecular weight excluding hydrogens is 292 g/mol. The molecule has 2 amide bonds. The lowest BCUT2D eigenvalue weighted by Crippen LogP contribution is -2.43. The van der Waals surface area contributed by atoms with E-state index in [1.54, 1.807) is 29.2 Å². The van der Waals surface area contributed by atoms with Crippen molar-refractivity contribution in [3.05, 3.63) is 24.3 Å². The fraction of sp³-hybridized carbons (Fsp3) is 0.429. The SMILES string of the molecule is CC1CN(C(=O)Nc2ccccc2OCC(=O)O)CCS1. The minimum Gasteiger partial charge on any atom is -0.480 e. The van der Waals surface area contributed by atoms with Crippen LogP contribution in [0.4, 0.5) is 10.5 Å². The smallest absolute Gasteiger partial charge is 0.341 e. The lowest BCUT2D eigenvalue weighted by Gasteiger charge is -2.30. The van der Waals surface area contributed by atoms with Crippen molar-refractivity contribution in [3.8, 4) is 5.75 Å². The van der Waals surface area contributed by atoms with E-state index >= 15 is 0 Å². The Labute approximate surface area is 127 Å². The first-order valence-electron chi connectivity index (χ1n) is 6.67. The molecule has 1 aliphatic rings. The number of nitrogens with one attached hydrogen (secondary N) is 1. The van der Waals surface area contributed by atoms with E-state index in [0.29, 0.717) is 29.8 Å². The maximum absolute atomic E-state index is 12.2. The molecular formula is C14H18N2O4S. The van der Waals surface area contributed by atoms with Crippen LogP contribution in [0.1, 0.15) is 6.92 Å². The third-order valence-corrected chi connectivity index (χ3v) is 4.14. The maximum Gasteiger partial charge on any atom is 0.341 e. The molecule has 0 aromatic heterocycles. The van der Waals surface area contributed by atoms with E-state index in [2.05, 4.69) is 12.2 Å². The molecule has 114 valence electrons. The summed E-state index contributed by atoms with van der Waals surface area (Å²) in [5.74, 6) is 0.219. The molecule has 0 bridgehead atoms. The van der Waals surface area contributed by atoms with Crippen LogP contribution in [-0.4, -0.2) is 52.7 Å². The Morgan fingerprint density at radius 2 is 2.24 bits per heavy atom. The van der Waals surface area contributed by atoms with Crippen LogP contribution in [0.15, 0.2) is 24.3 Å². The van der Waals surface area contributed by atoms with Gasteiger partial charge in [0, 0.05) is 24.1 Å². The summed E-state index contributed by atoms with van der Waals surface area (Å²) in [5, 5.41) is 11.9. The molecule has 2 N–H and O–H groups in total. The van der Waals surface area contributed by atoms with Gasteiger partial charge < -0.3 is 20.1 Å². The summed E-state index contributed by atoms with van der Waals surface area (Å²) in [4.78, 5) is 24.6. The number of ether oxygens (including phenoxy) is 1. The number of anilines is 1. The van der Waals surface area contributed by atoms with Crippen LogP contribution < -0.4 is 10.1 Å². The van der Waals surface area contributed by atoms with E-state index < -0.39 is 12.6 Å². The van der Waals surface area contributed by atoms with Crippen molar-refractivity contribution in [1.82, 2.24) is 4.90 Å². The average Bonchev–Trinajstić information content (AvgIpc) is 2.46. The number of thioether (sulfide) groups is 1. The second-order valence-electron chi connectivity index (χ2n) is 4.74. The van der Waals surface area contributed by atoms with Crippen molar-refractivity contribution in [1.29, 1.82) is 0 Å². The molecule has 1 heterocycles. The summed E-state index contributed by atoms with van der Waals surface area (Å²) < 4.78 is 5.17. The minimum absolute atomic E-state index is 0.187. The van der Waals surface area contributed by atoms with Crippen molar-refractivity contribution < 1.29 is 19.4 Å². The predicted octanol–water partition coefficient (Wildman–Crippen LogP) is 2.12. The zero-order chi connectivity index (χ0) is 15.2. The summed E-state index contributed by atoms with van der Waals surface area (Å²) in [6.45, 7) is 3.06. The second-order valence-corrected chi connectivity index (χ2v) is 6.28. The van der Waals surface area contributed by atoms with Gasteiger partial charge >= 0.3 is 12.0 Å². The van der Waals surface area contributed by atoms with Crippen molar-refractivity contribution in [2.24, 2.45) is 0 Å². The number of hydrogen-bond donors (Lipinski definition) is 2. The molecule has 7 heteroatoms. The van der Waals surface area contributed by atoms with Gasteiger partial charge in [-0.2, -0.15) is 11.8 Å². The molecule has 0 saturated carbocycles. The van der Waals surface area contributed by atoms with E-state index in [1.807, 2.05) is 11.8 Å². The van der Waals surface area contributed by atoms with Gasteiger partial charge in [-0.15, -0.1) is 0 Å². The van der Waals surface area contributed by atoms with Crippen LogP contribution in [0.2, 0.25) is 0 Å². The Hall–Kier alpha value is -1.89. The van der Waals surface area contributed by atoms with Crippen LogP contribution in [0.3, 0.4) is 0 Å². The number of para-hydroxylation sites is 2. The fourth-order valence-electron chi connectivity index (χ4n) is 2.03. The number of hydrogen-bond acceptors (Lipinski definition) is 4. The Morgan fingerprint density at radius 3 is 2.95 bits per heavy atom. The van der Waals surface area contributed by atoms with Gasteiger partial charge in [-0.05, 0) is 12.1 Å². The van der Waals surface area contributed by atoms with Gasteiger partial charge in [0.25, 0.3) is 0 Å². The van der Waals surface area contributed by atoms with Gasteiger partial charge in [-0.25, -0.2) is 9.59 Å². The van der Waals surface area contributed by atoms with E-state index in [4.69, 9.17) is 9.84 Å². The second kappa shape index (κ2) is 7.21. The molecule has 1 aromatic carbocycles. The van der Waals surface area contributed by atoms with Gasteiger partial charge in [-0.3, -0.25) is 0 Å². The molecule has 2 rings (SSSR count). The molecule has 1 aliphatic heterocycles. The van der Waals surface area contributed by atoms with Gasteiger partial charge in [0.1, 0.15) is 5.75 Å². The summed E-state index contributed by atoms with van der Waals surface area (Å²) in [7, 11) is 0. The maximum atomic E-state index is 12.2. The molecule has 1 unspecified atom stereocenters. The summed E-state index contributed by atoms with van der Waals surface area (Å²) in [5.41, 5.74) is 0.481. The summed E-state index contributed by atoms with van der Waals surface area (Å²) in [6.07, 6.45) is 0. The van der Waals surface area contributed by atoms with Crippen LogP contribution >= 0.6 is 11.8 Å². The number of aliphatic carboxylic acids is 1. The first kappa shape index (κ1) is 15.5. The van der Waals surface area contributed by atoms with Gasteiger partial charge in [0.15, 0.2) is 6.61 Å². The zero-order valence-corrected chi connectivity index (χ0v) is 12.6. The summed E-state index contributed by atoms with van der Waals surface area (Å²) >= 11 is 1.85. The zero-order valence-electron chi connectivity index (χ0n) is 11.7. The number of nitrogens with zero attached hydrogens (tertiary/aromatic N) is 1. The highest BCUT2D eigenvalue weighted by molar-refractivity contribution is 7.99. The third-order valence-electron chi connectivity index (χ3n) is 3.01. The molecule has 21 heavy (non-hydrogen) atoms. The van der Waals surface area contributed by atoms with Crippen molar-refractivity contribution >= 4 is 29.4 Å². The monoisotopic (exact) mass is 310 g/mol. The highest BCUT2D eigenvalue weighted by Crippen LogP contribution is 2.25. The lowest BCUT2D eigenvalue weighted by atomic mass is 10.3. The first-order valence-corrected chi connectivity index (χ1v) is 7.72. The largest absolute Gasteiger partial charge is 0.480 e. The topological polar surface area (TPSA) is 78.9 Å². The number of amides is 2. The van der Waals surface area contributed by atoms with E-state index in [1.165, 1.54) is 0 Å². The Kier molecular flexibility index (Phi) is 5.32. The molecule has 0 aliphatic carbocycles. The summed E-state index contributed by atoms with van der Waals surface area (Å²) in [6, 6.07) is 6.63. The van der Waals surface area contributed by atoms with Crippen molar-refractivity contribution in [2.45, 2.75) is 12.2 Å². The van der Waals surface area contributed by atoms with Crippen LogP contribution in [0.25, 0.3) is 0 Å². The molecule has 6 nitrogen and oxygen atoms in total. The normalized spacial score (nSPS) is 18.1. The number of carbonyl (C=O) groups excluding carboxylic acids is 1. The lowest BCUT2D eigenvalue weighted by molar-refractivity contribution is -0.139. The van der Waals surface area contributed by atoms with E-state index in [0.717, 1.165) is 5.75 Å².